The number of halogens is 1. The van der Waals surface area contributed by atoms with Crippen LogP contribution in [0.3, 0.4) is 0 Å². The van der Waals surface area contributed by atoms with Gasteiger partial charge in [0.2, 0.25) is 5.91 Å². The SMILES string of the molecule is COc1ccc(-c2cncc(Cl)c2N2CCC3(CCNC3=O)CC2)c2ccccc12. The molecule has 0 radical (unpaired) electrons. The van der Waals surface area contributed by atoms with Crippen LogP contribution in [0, 0.1) is 5.41 Å². The average Bonchev–Trinajstić information content (AvgIpc) is 3.13. The molecule has 2 fully saturated rings. The number of nitrogens with one attached hydrogen (secondary N) is 1. The van der Waals surface area contributed by atoms with Gasteiger partial charge in [0.1, 0.15) is 5.75 Å². The van der Waals surface area contributed by atoms with Gasteiger partial charge in [0.05, 0.1) is 23.2 Å². The summed E-state index contributed by atoms with van der Waals surface area (Å²) in [6.07, 6.45) is 6.22. The summed E-state index contributed by atoms with van der Waals surface area (Å²) in [6.45, 7) is 2.40. The quantitative estimate of drug-likeness (QED) is 0.667. The zero-order valence-electron chi connectivity index (χ0n) is 17.0. The Bertz CT molecular complexity index is 1120. The van der Waals surface area contributed by atoms with E-state index >= 15 is 0 Å². The van der Waals surface area contributed by atoms with E-state index in [1.54, 1.807) is 13.3 Å². The van der Waals surface area contributed by atoms with Crippen LogP contribution in [0.2, 0.25) is 5.02 Å². The first-order valence-corrected chi connectivity index (χ1v) is 10.7. The molecular weight excluding hydrogens is 398 g/mol. The van der Waals surface area contributed by atoms with Crippen molar-refractivity contribution in [1.82, 2.24) is 10.3 Å². The molecule has 1 aromatic heterocycles. The lowest BCUT2D eigenvalue weighted by molar-refractivity contribution is -0.128. The second-order valence-corrected chi connectivity index (χ2v) is 8.56. The predicted molar refractivity (Wildman–Crippen MR) is 120 cm³/mol. The predicted octanol–water partition coefficient (Wildman–Crippen LogP) is 4.67. The molecule has 2 aliphatic heterocycles. The number of benzene rings is 2. The highest BCUT2D eigenvalue weighted by Crippen LogP contribution is 2.45. The third-order valence-electron chi connectivity index (χ3n) is 6.67. The third-order valence-corrected chi connectivity index (χ3v) is 6.95. The molecule has 3 heterocycles. The Hall–Kier alpha value is -2.79. The monoisotopic (exact) mass is 421 g/mol. The Morgan fingerprint density at radius 2 is 1.80 bits per heavy atom. The number of pyridine rings is 1. The number of anilines is 1. The maximum atomic E-state index is 12.4. The Morgan fingerprint density at radius 1 is 1.03 bits per heavy atom. The van der Waals surface area contributed by atoms with Crippen molar-refractivity contribution in [2.24, 2.45) is 5.41 Å². The normalized spacial score (nSPS) is 18.1. The van der Waals surface area contributed by atoms with E-state index in [0.717, 1.165) is 72.2 Å². The van der Waals surface area contributed by atoms with Crippen molar-refractivity contribution in [1.29, 1.82) is 0 Å². The summed E-state index contributed by atoms with van der Waals surface area (Å²) in [7, 11) is 1.69. The molecule has 0 bridgehead atoms. The number of nitrogens with zero attached hydrogens (tertiary/aromatic N) is 2. The van der Waals surface area contributed by atoms with Crippen LogP contribution in [0.5, 0.6) is 5.75 Å². The van der Waals surface area contributed by atoms with E-state index in [1.165, 1.54) is 0 Å². The van der Waals surface area contributed by atoms with Crippen molar-refractivity contribution in [2.45, 2.75) is 19.3 Å². The Labute approximate surface area is 181 Å². The third kappa shape index (κ3) is 3.00. The summed E-state index contributed by atoms with van der Waals surface area (Å²) in [5.74, 6) is 1.06. The van der Waals surface area contributed by atoms with Crippen molar-refractivity contribution in [3.05, 3.63) is 53.8 Å². The molecule has 0 saturated carbocycles. The van der Waals surface area contributed by atoms with Crippen LogP contribution >= 0.6 is 11.6 Å². The molecule has 30 heavy (non-hydrogen) atoms. The molecule has 1 amide bonds. The molecule has 6 heteroatoms. The lowest BCUT2D eigenvalue weighted by Gasteiger charge is -2.39. The fourth-order valence-electron chi connectivity index (χ4n) is 4.98. The van der Waals surface area contributed by atoms with Crippen LogP contribution < -0.4 is 15.0 Å². The summed E-state index contributed by atoms with van der Waals surface area (Å²) in [5.41, 5.74) is 2.88. The van der Waals surface area contributed by atoms with E-state index in [2.05, 4.69) is 33.4 Å². The first kappa shape index (κ1) is 19.2. The van der Waals surface area contributed by atoms with Crippen LogP contribution in [0.1, 0.15) is 19.3 Å². The van der Waals surface area contributed by atoms with Crippen LogP contribution in [-0.2, 0) is 4.79 Å². The number of amides is 1. The van der Waals surface area contributed by atoms with Gasteiger partial charge in [0.25, 0.3) is 0 Å². The van der Waals surface area contributed by atoms with E-state index in [4.69, 9.17) is 16.3 Å². The number of hydrogen-bond acceptors (Lipinski definition) is 4. The number of fused-ring (bicyclic) bond motifs is 1. The fraction of sp³-hybridized carbons (Fsp3) is 0.333. The molecule has 3 aromatic rings. The molecule has 5 rings (SSSR count). The highest BCUT2D eigenvalue weighted by Gasteiger charge is 2.44. The molecule has 0 unspecified atom stereocenters. The van der Waals surface area contributed by atoms with Crippen molar-refractivity contribution in [3.8, 4) is 16.9 Å². The lowest BCUT2D eigenvalue weighted by Crippen LogP contribution is -2.44. The Morgan fingerprint density at radius 3 is 2.50 bits per heavy atom. The second-order valence-electron chi connectivity index (χ2n) is 8.15. The summed E-state index contributed by atoms with van der Waals surface area (Å²) in [5, 5.41) is 5.81. The van der Waals surface area contributed by atoms with Gasteiger partial charge in [-0.3, -0.25) is 9.78 Å². The smallest absolute Gasteiger partial charge is 0.226 e. The van der Waals surface area contributed by atoms with Gasteiger partial charge in [-0.2, -0.15) is 0 Å². The zero-order valence-corrected chi connectivity index (χ0v) is 17.7. The van der Waals surface area contributed by atoms with Gasteiger partial charge in [0.15, 0.2) is 0 Å². The van der Waals surface area contributed by atoms with Crippen molar-refractivity contribution < 1.29 is 9.53 Å². The summed E-state index contributed by atoms with van der Waals surface area (Å²) in [6, 6.07) is 12.3. The van der Waals surface area contributed by atoms with E-state index in [1.807, 2.05) is 24.4 Å². The zero-order chi connectivity index (χ0) is 20.7. The fourth-order valence-corrected chi connectivity index (χ4v) is 5.26. The summed E-state index contributed by atoms with van der Waals surface area (Å²) < 4.78 is 5.56. The first-order chi connectivity index (χ1) is 14.6. The lowest BCUT2D eigenvalue weighted by atomic mass is 9.77. The number of hydrogen-bond donors (Lipinski definition) is 1. The van der Waals surface area contributed by atoms with Crippen molar-refractivity contribution in [3.63, 3.8) is 0 Å². The maximum absolute atomic E-state index is 12.4. The Kier molecular flexibility index (Phi) is 4.78. The molecule has 2 aromatic carbocycles. The van der Waals surface area contributed by atoms with Gasteiger partial charge in [-0.25, -0.2) is 0 Å². The molecule has 0 atom stereocenters. The molecule has 0 aliphatic carbocycles. The Balaban J connectivity index is 1.57. The number of aromatic nitrogens is 1. The maximum Gasteiger partial charge on any atom is 0.226 e. The van der Waals surface area contributed by atoms with Gasteiger partial charge in [-0.05, 0) is 42.3 Å². The first-order valence-electron chi connectivity index (χ1n) is 10.4. The summed E-state index contributed by atoms with van der Waals surface area (Å²) in [4.78, 5) is 19.1. The number of ether oxygens (including phenoxy) is 1. The number of methoxy groups -OCH3 is 1. The van der Waals surface area contributed by atoms with Crippen LogP contribution in [-0.4, -0.2) is 37.6 Å². The number of rotatable bonds is 3. The van der Waals surface area contributed by atoms with Crippen LogP contribution in [0.15, 0.2) is 48.8 Å². The van der Waals surface area contributed by atoms with Gasteiger partial charge in [0, 0.05) is 43.0 Å². The van der Waals surface area contributed by atoms with Gasteiger partial charge in [-0.15, -0.1) is 0 Å². The highest BCUT2D eigenvalue weighted by atomic mass is 35.5. The second kappa shape index (κ2) is 7.47. The number of carbonyl (C=O) groups excluding carboxylic acids is 1. The minimum atomic E-state index is -0.205. The number of piperidine rings is 1. The molecule has 2 saturated heterocycles. The van der Waals surface area contributed by atoms with E-state index in [-0.39, 0.29) is 11.3 Å². The van der Waals surface area contributed by atoms with E-state index in [9.17, 15) is 4.79 Å². The summed E-state index contributed by atoms with van der Waals surface area (Å²) >= 11 is 6.69. The van der Waals surface area contributed by atoms with Crippen LogP contribution in [0.4, 0.5) is 5.69 Å². The van der Waals surface area contributed by atoms with Crippen LogP contribution in [0.25, 0.3) is 21.9 Å². The molecule has 1 spiro atoms. The molecule has 154 valence electrons. The molecular formula is C24H24ClN3O2. The minimum Gasteiger partial charge on any atom is -0.496 e. The van der Waals surface area contributed by atoms with Gasteiger partial charge in [-0.1, -0.05) is 35.9 Å². The van der Waals surface area contributed by atoms with Crippen molar-refractivity contribution in [2.75, 3.05) is 31.6 Å². The van der Waals surface area contributed by atoms with Gasteiger partial charge < -0.3 is 15.0 Å². The highest BCUT2D eigenvalue weighted by molar-refractivity contribution is 6.34. The number of carbonyl (C=O) groups is 1. The van der Waals surface area contributed by atoms with Crippen molar-refractivity contribution >= 4 is 34.0 Å². The van der Waals surface area contributed by atoms with E-state index in [0.29, 0.717) is 5.02 Å². The minimum absolute atomic E-state index is 0.205. The molecule has 2 aliphatic rings. The molecule has 5 nitrogen and oxygen atoms in total. The van der Waals surface area contributed by atoms with Gasteiger partial charge >= 0.3 is 0 Å². The van der Waals surface area contributed by atoms with E-state index < -0.39 is 0 Å². The topological polar surface area (TPSA) is 54.5 Å². The molecule has 1 N–H and O–H groups in total. The average molecular weight is 422 g/mol. The standard InChI is InChI=1S/C24H24ClN3O2/c1-30-21-7-6-17(16-4-2-3-5-18(16)21)19-14-26-15-20(25)22(19)28-12-9-24(10-13-28)8-11-27-23(24)29/h2-7,14-15H,8-13H2,1H3,(H,27,29). The largest absolute Gasteiger partial charge is 0.496 e.